The summed E-state index contributed by atoms with van der Waals surface area (Å²) in [4.78, 5) is 16.9. The van der Waals surface area contributed by atoms with Crippen molar-refractivity contribution >= 4 is 26.8 Å². The Labute approximate surface area is 128 Å². The van der Waals surface area contributed by atoms with Crippen LogP contribution in [0.25, 0.3) is 10.9 Å². The molecule has 2 atom stereocenters. The topological polar surface area (TPSA) is 82.3 Å². The summed E-state index contributed by atoms with van der Waals surface area (Å²) in [7, 11) is -3.03. The molecule has 2 aliphatic rings. The Kier molecular flexibility index (Phi) is 2.94. The molecule has 2 N–H and O–H groups in total. The van der Waals surface area contributed by atoms with Gasteiger partial charge in [0.15, 0.2) is 9.84 Å². The Morgan fingerprint density at radius 3 is 2.91 bits per heavy atom. The highest BCUT2D eigenvalue weighted by Crippen LogP contribution is 2.25. The third-order valence-electron chi connectivity index (χ3n) is 4.59. The zero-order valence-corrected chi connectivity index (χ0v) is 12.8. The standard InChI is InChI=1S/C15H17N3O3S/c19-15-17-13-8-22(20,21)9-14(13)18(15)6-5-10-7-16-12-4-2-1-3-11(10)12/h1-4,7,13-14,16H,5-6,8-9H2,(H,17,19)/t13-,14+/m0/s1. The number of benzene rings is 1. The van der Waals surface area contributed by atoms with Crippen LogP contribution in [0.4, 0.5) is 4.79 Å². The molecule has 2 amide bonds. The van der Waals surface area contributed by atoms with Crippen LogP contribution in [0.1, 0.15) is 5.56 Å². The van der Waals surface area contributed by atoms with Gasteiger partial charge >= 0.3 is 6.03 Å². The smallest absolute Gasteiger partial charge is 0.318 e. The van der Waals surface area contributed by atoms with Crippen molar-refractivity contribution in [1.29, 1.82) is 0 Å². The number of rotatable bonds is 3. The molecule has 22 heavy (non-hydrogen) atoms. The predicted molar refractivity (Wildman–Crippen MR) is 83.5 cm³/mol. The van der Waals surface area contributed by atoms with Gasteiger partial charge in [-0.05, 0) is 18.1 Å². The van der Waals surface area contributed by atoms with Crippen molar-refractivity contribution in [2.24, 2.45) is 0 Å². The minimum absolute atomic E-state index is 0.0625. The van der Waals surface area contributed by atoms with E-state index < -0.39 is 9.84 Å². The molecule has 2 saturated heterocycles. The van der Waals surface area contributed by atoms with E-state index in [1.807, 2.05) is 30.5 Å². The van der Waals surface area contributed by atoms with E-state index in [1.54, 1.807) is 4.90 Å². The second-order valence-corrected chi connectivity index (χ2v) is 8.16. The van der Waals surface area contributed by atoms with Crippen LogP contribution in [0.3, 0.4) is 0 Å². The summed E-state index contributed by atoms with van der Waals surface area (Å²) < 4.78 is 23.4. The van der Waals surface area contributed by atoms with Gasteiger partial charge in [-0.1, -0.05) is 18.2 Å². The second kappa shape index (κ2) is 4.74. The SMILES string of the molecule is O=C1N[C@H]2CS(=O)(=O)C[C@H]2N1CCc1c[nH]c2ccccc12. The number of hydrogen-bond acceptors (Lipinski definition) is 3. The van der Waals surface area contributed by atoms with Crippen LogP contribution in [0, 0.1) is 0 Å². The number of urea groups is 1. The van der Waals surface area contributed by atoms with E-state index in [2.05, 4.69) is 10.3 Å². The Morgan fingerprint density at radius 2 is 2.05 bits per heavy atom. The molecule has 3 heterocycles. The van der Waals surface area contributed by atoms with Crippen molar-refractivity contribution in [3.8, 4) is 0 Å². The summed E-state index contributed by atoms with van der Waals surface area (Å²) in [5, 5.41) is 3.94. The fourth-order valence-corrected chi connectivity index (χ4v) is 5.43. The lowest BCUT2D eigenvalue weighted by atomic mass is 10.1. The first-order chi connectivity index (χ1) is 10.5. The van der Waals surface area contributed by atoms with Crippen molar-refractivity contribution in [3.05, 3.63) is 36.0 Å². The van der Waals surface area contributed by atoms with Gasteiger partial charge in [-0.2, -0.15) is 0 Å². The molecule has 0 spiro atoms. The molecule has 1 aromatic heterocycles. The summed E-state index contributed by atoms with van der Waals surface area (Å²) in [6, 6.07) is 7.41. The van der Waals surface area contributed by atoms with Gasteiger partial charge in [0.05, 0.1) is 23.6 Å². The molecule has 2 aliphatic heterocycles. The summed E-state index contributed by atoms with van der Waals surface area (Å²) >= 11 is 0. The normalized spacial score (nSPS) is 26.4. The molecule has 2 fully saturated rings. The average Bonchev–Trinajstić information content (AvgIpc) is 3.08. The Bertz CT molecular complexity index is 843. The number of H-pyrrole nitrogens is 1. The molecule has 0 unspecified atom stereocenters. The van der Waals surface area contributed by atoms with E-state index in [1.165, 1.54) is 0 Å². The number of fused-ring (bicyclic) bond motifs is 2. The van der Waals surface area contributed by atoms with E-state index in [0.29, 0.717) is 13.0 Å². The number of nitrogens with zero attached hydrogens (tertiary/aromatic N) is 1. The van der Waals surface area contributed by atoms with Crippen molar-refractivity contribution in [1.82, 2.24) is 15.2 Å². The average molecular weight is 319 g/mol. The van der Waals surface area contributed by atoms with E-state index in [4.69, 9.17) is 0 Å². The molecular weight excluding hydrogens is 302 g/mol. The molecule has 0 aliphatic carbocycles. The van der Waals surface area contributed by atoms with Gasteiger partial charge in [-0.25, -0.2) is 13.2 Å². The first-order valence-electron chi connectivity index (χ1n) is 7.36. The van der Waals surface area contributed by atoms with E-state index in [0.717, 1.165) is 16.5 Å². The van der Waals surface area contributed by atoms with Gasteiger partial charge in [0.25, 0.3) is 0 Å². The number of aromatic amines is 1. The van der Waals surface area contributed by atoms with Crippen LogP contribution in [0.15, 0.2) is 30.5 Å². The van der Waals surface area contributed by atoms with Crippen LogP contribution in [0.5, 0.6) is 0 Å². The molecule has 6 nitrogen and oxygen atoms in total. The fourth-order valence-electron chi connectivity index (χ4n) is 3.51. The summed E-state index contributed by atoms with van der Waals surface area (Å²) in [6.07, 6.45) is 2.67. The minimum Gasteiger partial charge on any atom is -0.361 e. The quantitative estimate of drug-likeness (QED) is 0.825. The Balaban J connectivity index is 1.53. The Morgan fingerprint density at radius 1 is 1.23 bits per heavy atom. The van der Waals surface area contributed by atoms with Crippen molar-refractivity contribution in [3.63, 3.8) is 0 Å². The lowest BCUT2D eigenvalue weighted by Crippen LogP contribution is -2.38. The highest BCUT2D eigenvalue weighted by atomic mass is 32.2. The number of nitrogens with one attached hydrogen (secondary N) is 2. The molecule has 116 valence electrons. The summed E-state index contributed by atoms with van der Waals surface area (Å²) in [5.41, 5.74) is 2.22. The van der Waals surface area contributed by atoms with Gasteiger partial charge < -0.3 is 15.2 Å². The zero-order valence-electron chi connectivity index (χ0n) is 12.0. The van der Waals surface area contributed by atoms with E-state index in [-0.39, 0.29) is 29.6 Å². The summed E-state index contributed by atoms with van der Waals surface area (Å²) in [5.74, 6) is 0.136. The molecule has 1 aromatic carbocycles. The number of amides is 2. The summed E-state index contributed by atoms with van der Waals surface area (Å²) in [6.45, 7) is 0.532. The lowest BCUT2D eigenvalue weighted by Gasteiger charge is -2.20. The highest BCUT2D eigenvalue weighted by Gasteiger charge is 2.48. The van der Waals surface area contributed by atoms with Crippen LogP contribution < -0.4 is 5.32 Å². The number of aromatic nitrogens is 1. The number of carbonyl (C=O) groups excluding carboxylic acids is 1. The number of sulfone groups is 1. The maximum Gasteiger partial charge on any atom is 0.318 e. The van der Waals surface area contributed by atoms with Crippen molar-refractivity contribution in [2.45, 2.75) is 18.5 Å². The highest BCUT2D eigenvalue weighted by molar-refractivity contribution is 7.91. The third kappa shape index (κ3) is 2.16. The largest absolute Gasteiger partial charge is 0.361 e. The number of carbonyl (C=O) groups is 1. The molecular formula is C15H17N3O3S. The van der Waals surface area contributed by atoms with Crippen molar-refractivity contribution < 1.29 is 13.2 Å². The number of para-hydroxylation sites is 1. The van der Waals surface area contributed by atoms with Gasteiger partial charge in [0.2, 0.25) is 0 Å². The van der Waals surface area contributed by atoms with Crippen LogP contribution in [-0.4, -0.2) is 54.5 Å². The van der Waals surface area contributed by atoms with Gasteiger partial charge in [0, 0.05) is 23.6 Å². The molecule has 0 radical (unpaired) electrons. The zero-order chi connectivity index (χ0) is 15.3. The predicted octanol–water partition coefficient (Wildman–Crippen LogP) is 0.901. The second-order valence-electron chi connectivity index (χ2n) is 6.00. The first-order valence-corrected chi connectivity index (χ1v) is 9.18. The van der Waals surface area contributed by atoms with Crippen molar-refractivity contribution in [2.75, 3.05) is 18.1 Å². The first kappa shape index (κ1) is 13.6. The van der Waals surface area contributed by atoms with Gasteiger partial charge in [0.1, 0.15) is 0 Å². The van der Waals surface area contributed by atoms with E-state index in [9.17, 15) is 13.2 Å². The van der Waals surface area contributed by atoms with Crippen LogP contribution in [-0.2, 0) is 16.3 Å². The molecule has 2 aromatic rings. The number of hydrogen-bond donors (Lipinski definition) is 2. The monoisotopic (exact) mass is 319 g/mol. The fraction of sp³-hybridized carbons (Fsp3) is 0.400. The van der Waals surface area contributed by atoms with Gasteiger partial charge in [-0.15, -0.1) is 0 Å². The molecule has 0 bridgehead atoms. The van der Waals surface area contributed by atoms with Gasteiger partial charge in [-0.3, -0.25) is 0 Å². The molecule has 4 rings (SSSR count). The maximum absolute atomic E-state index is 12.0. The molecule has 7 heteroatoms. The maximum atomic E-state index is 12.0. The third-order valence-corrected chi connectivity index (χ3v) is 6.31. The minimum atomic E-state index is -3.03. The van der Waals surface area contributed by atoms with E-state index >= 15 is 0 Å². The molecule has 0 saturated carbocycles. The Hall–Kier alpha value is -2.02. The van der Waals surface area contributed by atoms with Crippen LogP contribution in [0.2, 0.25) is 0 Å². The van der Waals surface area contributed by atoms with Crippen LogP contribution >= 0.6 is 0 Å². The lowest BCUT2D eigenvalue weighted by molar-refractivity contribution is 0.207.